The highest BCUT2D eigenvalue weighted by Gasteiger charge is 2.20. The Bertz CT molecular complexity index is 632. The van der Waals surface area contributed by atoms with Crippen molar-refractivity contribution in [3.05, 3.63) is 40.7 Å². The molecule has 0 bridgehead atoms. The van der Waals surface area contributed by atoms with Gasteiger partial charge in [-0.3, -0.25) is 4.79 Å². The molecule has 7 heteroatoms. The molecule has 112 valence electrons. The summed E-state index contributed by atoms with van der Waals surface area (Å²) in [6, 6.07) is 6.28. The van der Waals surface area contributed by atoms with Gasteiger partial charge in [0.1, 0.15) is 10.8 Å². The van der Waals surface area contributed by atoms with E-state index >= 15 is 0 Å². The minimum Gasteiger partial charge on any atom is -0.340 e. The van der Waals surface area contributed by atoms with Crippen molar-refractivity contribution in [2.24, 2.45) is 0 Å². The Morgan fingerprint density at radius 2 is 2.24 bits per heavy atom. The quantitative estimate of drug-likeness (QED) is 0.793. The van der Waals surface area contributed by atoms with Crippen molar-refractivity contribution in [3.63, 3.8) is 0 Å². The van der Waals surface area contributed by atoms with Gasteiger partial charge >= 0.3 is 0 Å². The Kier molecular flexibility index (Phi) is 5.30. The predicted molar refractivity (Wildman–Crippen MR) is 82.8 cm³/mol. The van der Waals surface area contributed by atoms with Gasteiger partial charge < -0.3 is 4.90 Å². The lowest BCUT2D eigenvalue weighted by molar-refractivity contribution is -0.129. The molecule has 2 rings (SSSR count). The van der Waals surface area contributed by atoms with E-state index in [1.165, 1.54) is 35.2 Å². The summed E-state index contributed by atoms with van der Waals surface area (Å²) in [5, 5.41) is 8.56. The van der Waals surface area contributed by atoms with Crippen LogP contribution in [0.15, 0.2) is 28.6 Å². The molecule has 2 aromatic rings. The third-order valence-corrected chi connectivity index (χ3v) is 4.83. The first-order valence-electron chi connectivity index (χ1n) is 6.42. The molecule has 21 heavy (non-hydrogen) atoms. The second-order valence-electron chi connectivity index (χ2n) is 4.67. The molecule has 0 saturated heterocycles. The zero-order chi connectivity index (χ0) is 15.4. The number of aryl methyl sites for hydroxylation is 1. The van der Waals surface area contributed by atoms with Gasteiger partial charge in [-0.15, -0.1) is 10.2 Å². The Labute approximate surface area is 131 Å². The highest BCUT2D eigenvalue weighted by molar-refractivity contribution is 8.02. The molecule has 0 saturated carbocycles. The van der Waals surface area contributed by atoms with Gasteiger partial charge in [-0.25, -0.2) is 4.39 Å². The normalized spacial score (nSPS) is 12.2. The molecule has 0 aliphatic heterocycles. The largest absolute Gasteiger partial charge is 0.340 e. The van der Waals surface area contributed by atoms with Crippen LogP contribution in [-0.2, 0) is 11.3 Å². The van der Waals surface area contributed by atoms with E-state index in [0.29, 0.717) is 6.54 Å². The van der Waals surface area contributed by atoms with Crippen molar-refractivity contribution in [3.8, 4) is 0 Å². The van der Waals surface area contributed by atoms with Crippen LogP contribution in [0.5, 0.6) is 0 Å². The topological polar surface area (TPSA) is 46.1 Å². The van der Waals surface area contributed by atoms with E-state index in [1.807, 2.05) is 13.8 Å². The van der Waals surface area contributed by atoms with Gasteiger partial charge in [-0.2, -0.15) is 0 Å². The van der Waals surface area contributed by atoms with E-state index < -0.39 is 0 Å². The summed E-state index contributed by atoms with van der Waals surface area (Å²) in [5.41, 5.74) is 0.773. The van der Waals surface area contributed by atoms with E-state index in [9.17, 15) is 9.18 Å². The van der Waals surface area contributed by atoms with Crippen LogP contribution in [0.25, 0.3) is 0 Å². The van der Waals surface area contributed by atoms with Gasteiger partial charge in [0, 0.05) is 13.6 Å². The first-order valence-corrected chi connectivity index (χ1v) is 8.11. The van der Waals surface area contributed by atoms with Crippen molar-refractivity contribution in [2.75, 3.05) is 7.05 Å². The van der Waals surface area contributed by atoms with E-state index in [1.54, 1.807) is 24.1 Å². The van der Waals surface area contributed by atoms with Gasteiger partial charge in [0.05, 0.1) is 5.25 Å². The number of hydrogen-bond donors (Lipinski definition) is 0. The van der Waals surface area contributed by atoms with Gasteiger partial charge in [0.15, 0.2) is 4.34 Å². The maximum atomic E-state index is 13.1. The molecule has 0 aliphatic rings. The summed E-state index contributed by atoms with van der Waals surface area (Å²) < 4.78 is 13.9. The molecule has 0 radical (unpaired) electrons. The molecule has 0 N–H and O–H groups in total. The molecule has 1 heterocycles. The minimum atomic E-state index is -0.292. The van der Waals surface area contributed by atoms with Crippen LogP contribution in [0.3, 0.4) is 0 Å². The van der Waals surface area contributed by atoms with Crippen molar-refractivity contribution in [1.82, 2.24) is 15.1 Å². The number of rotatable bonds is 5. The van der Waals surface area contributed by atoms with E-state index in [4.69, 9.17) is 0 Å². The number of benzene rings is 1. The number of thioether (sulfide) groups is 1. The van der Waals surface area contributed by atoms with Crippen LogP contribution in [0, 0.1) is 12.7 Å². The Balaban J connectivity index is 1.95. The number of nitrogens with zero attached hydrogens (tertiary/aromatic N) is 3. The first-order chi connectivity index (χ1) is 9.95. The van der Waals surface area contributed by atoms with Crippen molar-refractivity contribution >= 4 is 29.0 Å². The van der Waals surface area contributed by atoms with Crippen molar-refractivity contribution in [2.45, 2.75) is 30.0 Å². The molecule has 4 nitrogen and oxygen atoms in total. The van der Waals surface area contributed by atoms with Crippen LogP contribution in [0.2, 0.25) is 0 Å². The molecular formula is C14H16FN3OS2. The highest BCUT2D eigenvalue weighted by atomic mass is 32.2. The predicted octanol–water partition coefficient (Wildman–Crippen LogP) is 3.12. The van der Waals surface area contributed by atoms with E-state index in [-0.39, 0.29) is 17.0 Å². The summed E-state index contributed by atoms with van der Waals surface area (Å²) in [7, 11) is 1.72. The average Bonchev–Trinajstić information content (AvgIpc) is 2.83. The summed E-state index contributed by atoms with van der Waals surface area (Å²) >= 11 is 2.87. The van der Waals surface area contributed by atoms with E-state index in [2.05, 4.69) is 10.2 Å². The standard InChI is InChI=1S/C14H16FN3OS2/c1-9(20-14-17-16-10(2)21-14)13(19)18(3)8-11-5-4-6-12(15)7-11/h4-7,9H,8H2,1-3H3. The summed E-state index contributed by atoms with van der Waals surface area (Å²) in [6.07, 6.45) is 0. The van der Waals surface area contributed by atoms with Crippen molar-refractivity contribution < 1.29 is 9.18 Å². The number of aromatic nitrogens is 2. The van der Waals surface area contributed by atoms with Crippen LogP contribution < -0.4 is 0 Å². The Morgan fingerprint density at radius 3 is 2.86 bits per heavy atom. The van der Waals surface area contributed by atoms with Gasteiger partial charge in [0.25, 0.3) is 0 Å². The zero-order valence-corrected chi connectivity index (χ0v) is 13.7. The fourth-order valence-corrected chi connectivity index (χ4v) is 3.90. The van der Waals surface area contributed by atoms with Gasteiger partial charge in [-0.05, 0) is 31.5 Å². The minimum absolute atomic E-state index is 0.0166. The lowest BCUT2D eigenvalue weighted by Gasteiger charge is -2.20. The fraction of sp³-hybridized carbons (Fsp3) is 0.357. The maximum absolute atomic E-state index is 13.1. The molecule has 1 amide bonds. The number of carbonyl (C=O) groups is 1. The molecule has 0 fully saturated rings. The second-order valence-corrected chi connectivity index (χ2v) is 7.44. The molecule has 1 unspecified atom stereocenters. The Hall–Kier alpha value is -1.47. The van der Waals surface area contributed by atoms with Crippen LogP contribution in [0.1, 0.15) is 17.5 Å². The smallest absolute Gasteiger partial charge is 0.235 e. The molecule has 1 aromatic heterocycles. The molecule has 1 aromatic carbocycles. The molecule has 0 spiro atoms. The van der Waals surface area contributed by atoms with Crippen LogP contribution in [0.4, 0.5) is 4.39 Å². The third-order valence-electron chi connectivity index (χ3n) is 2.82. The maximum Gasteiger partial charge on any atom is 0.235 e. The Morgan fingerprint density at radius 1 is 1.48 bits per heavy atom. The van der Waals surface area contributed by atoms with Gasteiger partial charge in [0.2, 0.25) is 5.91 Å². The average molecular weight is 325 g/mol. The van der Waals surface area contributed by atoms with Crippen LogP contribution >= 0.6 is 23.1 Å². The number of hydrogen-bond acceptors (Lipinski definition) is 5. The van der Waals surface area contributed by atoms with Crippen molar-refractivity contribution in [1.29, 1.82) is 0 Å². The molecule has 0 aliphatic carbocycles. The zero-order valence-electron chi connectivity index (χ0n) is 12.0. The third kappa shape index (κ3) is 4.50. The number of carbonyl (C=O) groups excluding carboxylic acids is 1. The number of halogens is 1. The second kappa shape index (κ2) is 7.00. The monoisotopic (exact) mass is 325 g/mol. The van der Waals surface area contributed by atoms with Gasteiger partial charge in [-0.1, -0.05) is 35.2 Å². The summed E-state index contributed by atoms with van der Waals surface area (Å²) in [5.74, 6) is -0.308. The molecular weight excluding hydrogens is 309 g/mol. The fourth-order valence-electron chi connectivity index (χ4n) is 1.83. The van der Waals surface area contributed by atoms with Crippen LogP contribution in [-0.4, -0.2) is 33.3 Å². The van der Waals surface area contributed by atoms with E-state index in [0.717, 1.165) is 14.9 Å². The lowest BCUT2D eigenvalue weighted by atomic mass is 10.2. The number of amides is 1. The summed E-state index contributed by atoms with van der Waals surface area (Å²) in [4.78, 5) is 13.9. The summed E-state index contributed by atoms with van der Waals surface area (Å²) in [6.45, 7) is 4.10. The highest BCUT2D eigenvalue weighted by Crippen LogP contribution is 2.27. The first kappa shape index (κ1) is 15.9. The lowest BCUT2D eigenvalue weighted by Crippen LogP contribution is -2.32. The SMILES string of the molecule is Cc1nnc(SC(C)C(=O)N(C)Cc2cccc(F)c2)s1. The molecule has 1 atom stereocenters.